The van der Waals surface area contributed by atoms with Crippen molar-refractivity contribution in [3.8, 4) is 0 Å². The van der Waals surface area contributed by atoms with E-state index < -0.39 is 0 Å². The molecular formula is C31H25N3O3. The molecule has 0 bridgehead atoms. The summed E-state index contributed by atoms with van der Waals surface area (Å²) >= 11 is 0. The Morgan fingerprint density at radius 1 is 0.784 bits per heavy atom. The smallest absolute Gasteiger partial charge is 0.262 e. The number of benzene rings is 5. The molecule has 6 heteroatoms. The molecule has 0 aliphatic carbocycles. The molecule has 5 aromatic rings. The number of imide groups is 1. The van der Waals surface area contributed by atoms with E-state index in [1.807, 2.05) is 91.8 Å². The first-order chi connectivity index (χ1) is 17.9. The van der Waals surface area contributed by atoms with Gasteiger partial charge in [-0.3, -0.25) is 19.3 Å². The van der Waals surface area contributed by atoms with E-state index in [1.54, 1.807) is 12.1 Å². The van der Waals surface area contributed by atoms with Gasteiger partial charge in [0.2, 0.25) is 0 Å². The van der Waals surface area contributed by atoms with Gasteiger partial charge in [-0.15, -0.1) is 0 Å². The van der Waals surface area contributed by atoms with Crippen molar-refractivity contribution in [2.24, 2.45) is 0 Å². The lowest BCUT2D eigenvalue weighted by Crippen LogP contribution is -2.43. The van der Waals surface area contributed by atoms with Gasteiger partial charge >= 0.3 is 0 Å². The fourth-order valence-electron chi connectivity index (χ4n) is 5.22. The van der Waals surface area contributed by atoms with E-state index in [2.05, 4.69) is 5.32 Å². The molecule has 37 heavy (non-hydrogen) atoms. The van der Waals surface area contributed by atoms with Crippen LogP contribution in [-0.4, -0.2) is 54.7 Å². The van der Waals surface area contributed by atoms with Crippen LogP contribution >= 0.6 is 0 Å². The third-order valence-corrected chi connectivity index (χ3v) is 6.99. The highest BCUT2D eigenvalue weighted by molar-refractivity contribution is 6.32. The van der Waals surface area contributed by atoms with Gasteiger partial charge in [-0.25, -0.2) is 0 Å². The molecule has 1 aliphatic heterocycles. The summed E-state index contributed by atoms with van der Waals surface area (Å²) in [7, 11) is 3.81. The minimum atomic E-state index is -0.340. The molecular weight excluding hydrogens is 462 g/mol. The van der Waals surface area contributed by atoms with Gasteiger partial charge in [-0.2, -0.15) is 0 Å². The minimum absolute atomic E-state index is 0.256. The zero-order valence-corrected chi connectivity index (χ0v) is 20.6. The quantitative estimate of drug-likeness (QED) is 0.260. The number of hydrogen-bond acceptors (Lipinski definition) is 4. The molecule has 0 spiro atoms. The highest BCUT2D eigenvalue weighted by Crippen LogP contribution is 2.39. The Hall–Kier alpha value is -4.55. The Bertz CT molecular complexity index is 1750. The number of carbonyl (C=O) groups is 3. The number of nitrogens with one attached hydrogen (secondary N) is 1. The zero-order valence-electron chi connectivity index (χ0n) is 20.6. The first kappa shape index (κ1) is 22.9. The SMILES string of the molecule is CN(C)CCN1C(=O)c2cccc3cc4cccc(NC(=O)c5cccc6ccccc56)c4c(c23)C1=O. The van der Waals surface area contributed by atoms with Crippen molar-refractivity contribution in [2.75, 3.05) is 32.5 Å². The number of carbonyl (C=O) groups excluding carboxylic acids is 3. The average Bonchev–Trinajstić information content (AvgIpc) is 2.90. The fraction of sp³-hybridized carbons (Fsp3) is 0.129. The normalized spacial score (nSPS) is 13.2. The molecule has 5 aromatic carbocycles. The minimum Gasteiger partial charge on any atom is -0.321 e. The van der Waals surface area contributed by atoms with Crippen LogP contribution in [0, 0.1) is 0 Å². The molecule has 0 saturated heterocycles. The van der Waals surface area contributed by atoms with Crippen LogP contribution in [0.3, 0.4) is 0 Å². The third-order valence-electron chi connectivity index (χ3n) is 6.99. The predicted molar refractivity (Wildman–Crippen MR) is 147 cm³/mol. The van der Waals surface area contributed by atoms with Crippen LogP contribution in [0.25, 0.3) is 32.3 Å². The standard InChI is InChI=1S/C31H25N3O3/c1-33(2)16-17-34-30(36)24-14-6-10-20-18-21-11-7-15-25(27(21)28(26(20)24)31(34)37)32-29(35)23-13-5-9-19-8-3-4-12-22(19)23/h3-15,18H,16-17H2,1-2H3,(H,32,35). The molecule has 0 fully saturated rings. The molecule has 0 radical (unpaired) electrons. The molecule has 1 aliphatic rings. The fourth-order valence-corrected chi connectivity index (χ4v) is 5.22. The Morgan fingerprint density at radius 3 is 2.27 bits per heavy atom. The Kier molecular flexibility index (Phi) is 5.46. The van der Waals surface area contributed by atoms with Crippen molar-refractivity contribution in [3.05, 3.63) is 102 Å². The molecule has 1 heterocycles. The lowest BCUT2D eigenvalue weighted by molar-refractivity contribution is 0.0602. The van der Waals surface area contributed by atoms with Crippen molar-refractivity contribution < 1.29 is 14.4 Å². The topological polar surface area (TPSA) is 69.7 Å². The lowest BCUT2D eigenvalue weighted by Gasteiger charge is -2.29. The van der Waals surface area contributed by atoms with Gasteiger partial charge in [0.1, 0.15) is 0 Å². The maximum atomic E-state index is 13.9. The summed E-state index contributed by atoms with van der Waals surface area (Å²) in [6.45, 7) is 0.833. The number of rotatable bonds is 5. The summed E-state index contributed by atoms with van der Waals surface area (Å²) in [6, 6.07) is 26.5. The van der Waals surface area contributed by atoms with Crippen molar-refractivity contribution in [2.45, 2.75) is 0 Å². The van der Waals surface area contributed by atoms with Gasteiger partial charge in [0.25, 0.3) is 17.7 Å². The van der Waals surface area contributed by atoms with E-state index >= 15 is 0 Å². The van der Waals surface area contributed by atoms with E-state index in [0.717, 1.165) is 21.5 Å². The summed E-state index contributed by atoms with van der Waals surface area (Å²) in [5, 5.41) is 7.83. The van der Waals surface area contributed by atoms with Crippen LogP contribution in [0.4, 0.5) is 5.69 Å². The molecule has 0 unspecified atom stereocenters. The summed E-state index contributed by atoms with van der Waals surface area (Å²) < 4.78 is 0. The second-order valence-corrected chi connectivity index (χ2v) is 9.60. The molecule has 182 valence electrons. The number of nitrogens with zero attached hydrogens (tertiary/aromatic N) is 2. The largest absolute Gasteiger partial charge is 0.321 e. The van der Waals surface area contributed by atoms with Crippen LogP contribution < -0.4 is 5.32 Å². The number of hydrogen-bond donors (Lipinski definition) is 1. The first-order valence-electron chi connectivity index (χ1n) is 12.2. The second kappa shape index (κ2) is 8.84. The summed E-state index contributed by atoms with van der Waals surface area (Å²) in [5.74, 6) is -0.886. The maximum absolute atomic E-state index is 13.9. The average molecular weight is 488 g/mol. The first-order valence-corrected chi connectivity index (χ1v) is 12.2. The molecule has 6 nitrogen and oxygen atoms in total. The lowest BCUT2D eigenvalue weighted by atomic mass is 9.88. The van der Waals surface area contributed by atoms with Gasteiger partial charge < -0.3 is 10.2 Å². The van der Waals surface area contributed by atoms with Crippen molar-refractivity contribution in [1.29, 1.82) is 0 Å². The van der Waals surface area contributed by atoms with E-state index in [4.69, 9.17) is 0 Å². The van der Waals surface area contributed by atoms with Crippen LogP contribution in [0.5, 0.6) is 0 Å². The Balaban J connectivity index is 1.54. The summed E-state index contributed by atoms with van der Waals surface area (Å²) in [5.41, 5.74) is 2.05. The molecule has 6 rings (SSSR count). The number of fused-ring (bicyclic) bond motifs is 3. The van der Waals surface area contributed by atoms with Crippen LogP contribution in [0.2, 0.25) is 0 Å². The number of anilines is 1. The van der Waals surface area contributed by atoms with E-state index in [1.165, 1.54) is 4.90 Å². The molecule has 0 atom stereocenters. The molecule has 0 saturated carbocycles. The van der Waals surface area contributed by atoms with Gasteiger partial charge in [0, 0.05) is 40.7 Å². The van der Waals surface area contributed by atoms with Gasteiger partial charge in [-0.05, 0) is 59.9 Å². The predicted octanol–water partition coefficient (Wildman–Crippen LogP) is 5.56. The van der Waals surface area contributed by atoms with Crippen molar-refractivity contribution in [3.63, 3.8) is 0 Å². The van der Waals surface area contributed by atoms with Crippen LogP contribution in [-0.2, 0) is 0 Å². The zero-order chi connectivity index (χ0) is 25.7. The molecule has 0 aromatic heterocycles. The monoisotopic (exact) mass is 487 g/mol. The van der Waals surface area contributed by atoms with Gasteiger partial charge in [-0.1, -0.05) is 60.7 Å². The highest BCUT2D eigenvalue weighted by atomic mass is 16.2. The maximum Gasteiger partial charge on any atom is 0.262 e. The highest BCUT2D eigenvalue weighted by Gasteiger charge is 2.34. The van der Waals surface area contributed by atoms with E-state index in [-0.39, 0.29) is 24.3 Å². The third kappa shape index (κ3) is 3.74. The summed E-state index contributed by atoms with van der Waals surface area (Å²) in [6.07, 6.45) is 0. The Morgan fingerprint density at radius 2 is 1.46 bits per heavy atom. The molecule has 1 N–H and O–H groups in total. The van der Waals surface area contributed by atoms with Crippen LogP contribution in [0.15, 0.2) is 84.9 Å². The number of likely N-dealkylation sites (N-methyl/N-ethyl adjacent to an activating group) is 1. The van der Waals surface area contributed by atoms with Gasteiger partial charge in [0.05, 0.1) is 5.56 Å². The Labute approximate surface area is 214 Å². The van der Waals surface area contributed by atoms with Crippen LogP contribution in [0.1, 0.15) is 31.1 Å². The van der Waals surface area contributed by atoms with Crippen molar-refractivity contribution >= 4 is 55.7 Å². The van der Waals surface area contributed by atoms with E-state index in [0.29, 0.717) is 39.7 Å². The molecule has 3 amide bonds. The van der Waals surface area contributed by atoms with E-state index in [9.17, 15) is 14.4 Å². The second-order valence-electron chi connectivity index (χ2n) is 9.60. The van der Waals surface area contributed by atoms with Gasteiger partial charge in [0.15, 0.2) is 0 Å². The number of amides is 3. The summed E-state index contributed by atoms with van der Waals surface area (Å²) in [4.78, 5) is 44.0. The van der Waals surface area contributed by atoms with Crippen molar-refractivity contribution in [1.82, 2.24) is 9.80 Å².